The third kappa shape index (κ3) is 3.24. The number of hydrogen-bond acceptors (Lipinski definition) is 0. The molecule has 0 bridgehead atoms. The van der Waals surface area contributed by atoms with Crippen molar-refractivity contribution in [3.8, 4) is 0 Å². The summed E-state index contributed by atoms with van der Waals surface area (Å²) in [5.41, 5.74) is 0. The molecule has 11 heavy (non-hydrogen) atoms. The van der Waals surface area contributed by atoms with E-state index in [0.29, 0.717) is 0 Å². The van der Waals surface area contributed by atoms with Gasteiger partial charge >= 0.3 is 0 Å². The first kappa shape index (κ1) is 11.0. The average Bonchev–Trinajstić information content (AvgIpc) is 1.88. The Morgan fingerprint density at radius 1 is 1.18 bits per heavy atom. The maximum absolute atomic E-state index is 4.23. The lowest BCUT2D eigenvalue weighted by atomic mass is 10.0. The van der Waals surface area contributed by atoms with Crippen LogP contribution < -0.4 is 0 Å². The van der Waals surface area contributed by atoms with Crippen LogP contribution in [0.2, 0.25) is 19.6 Å². The molecule has 0 radical (unpaired) electrons. The van der Waals surface area contributed by atoms with Crippen molar-refractivity contribution in [3.63, 3.8) is 0 Å². The molecule has 0 aromatic rings. The summed E-state index contributed by atoms with van der Waals surface area (Å²) < 4.78 is 0. The second kappa shape index (κ2) is 4.10. The summed E-state index contributed by atoms with van der Waals surface area (Å²) in [4.78, 5) is 0. The molecule has 1 heteroatoms. The summed E-state index contributed by atoms with van der Waals surface area (Å²) in [6.45, 7) is 15.9. The molecule has 0 spiro atoms. The Bertz CT molecular complexity index is 126. The fourth-order valence-electron chi connectivity index (χ4n) is 1.39. The van der Waals surface area contributed by atoms with Crippen LogP contribution >= 0.6 is 0 Å². The fourth-order valence-corrected chi connectivity index (χ4v) is 3.03. The summed E-state index contributed by atoms with van der Waals surface area (Å²) in [5, 5.41) is 1.54. The van der Waals surface area contributed by atoms with E-state index in [0.717, 1.165) is 5.92 Å². The molecule has 0 N–H and O–H groups in total. The van der Waals surface area contributed by atoms with Crippen LogP contribution in [-0.4, -0.2) is 8.07 Å². The minimum Gasteiger partial charge on any atom is -0.103 e. The van der Waals surface area contributed by atoms with Crippen molar-refractivity contribution in [2.45, 2.75) is 46.3 Å². The lowest BCUT2D eigenvalue weighted by Gasteiger charge is -2.26. The van der Waals surface area contributed by atoms with E-state index < -0.39 is 8.07 Å². The summed E-state index contributed by atoms with van der Waals surface area (Å²) in [6.07, 6.45) is 2.53. The molecule has 0 aromatic carbocycles. The number of allylic oxidation sites excluding steroid dienone is 1. The topological polar surface area (TPSA) is 0 Å². The zero-order valence-electron chi connectivity index (χ0n) is 8.70. The molecule has 0 saturated heterocycles. The van der Waals surface area contributed by atoms with E-state index in [2.05, 4.69) is 40.1 Å². The van der Waals surface area contributed by atoms with Crippen molar-refractivity contribution in [3.05, 3.63) is 11.8 Å². The van der Waals surface area contributed by atoms with Crippen LogP contribution in [0.5, 0.6) is 0 Å². The van der Waals surface area contributed by atoms with Gasteiger partial charge in [0.05, 0.1) is 8.07 Å². The molecule has 0 nitrogen and oxygen atoms in total. The number of hydrogen-bond donors (Lipinski definition) is 0. The molecule has 0 amide bonds. The van der Waals surface area contributed by atoms with Gasteiger partial charge in [0, 0.05) is 0 Å². The summed E-state index contributed by atoms with van der Waals surface area (Å²) in [5.74, 6) is 0.779. The van der Waals surface area contributed by atoms with Gasteiger partial charge in [0.1, 0.15) is 0 Å². The maximum atomic E-state index is 4.23. The molecule has 0 aromatic heterocycles. The SMILES string of the molecule is C=C(C(CC)CC)[Si](C)(C)C. The van der Waals surface area contributed by atoms with Crippen LogP contribution in [-0.2, 0) is 0 Å². The highest BCUT2D eigenvalue weighted by atomic mass is 28.3. The Balaban J connectivity index is 4.22. The predicted molar refractivity (Wildman–Crippen MR) is 56.6 cm³/mol. The average molecular weight is 170 g/mol. The van der Waals surface area contributed by atoms with Gasteiger partial charge in [-0.2, -0.15) is 0 Å². The van der Waals surface area contributed by atoms with E-state index in [-0.39, 0.29) is 0 Å². The molecule has 0 unspecified atom stereocenters. The van der Waals surface area contributed by atoms with Crippen molar-refractivity contribution < 1.29 is 0 Å². The lowest BCUT2D eigenvalue weighted by molar-refractivity contribution is 0.592. The monoisotopic (exact) mass is 170 g/mol. The third-order valence-electron chi connectivity index (χ3n) is 2.44. The zero-order valence-corrected chi connectivity index (χ0v) is 9.70. The highest BCUT2D eigenvalue weighted by Gasteiger charge is 2.22. The lowest BCUT2D eigenvalue weighted by Crippen LogP contribution is -2.28. The van der Waals surface area contributed by atoms with E-state index in [1.807, 2.05) is 0 Å². The van der Waals surface area contributed by atoms with Gasteiger partial charge in [-0.1, -0.05) is 38.7 Å². The highest BCUT2D eigenvalue weighted by Crippen LogP contribution is 2.25. The van der Waals surface area contributed by atoms with Crippen molar-refractivity contribution in [2.24, 2.45) is 5.92 Å². The van der Waals surface area contributed by atoms with Crippen LogP contribution in [0.25, 0.3) is 0 Å². The normalized spacial score (nSPS) is 12.2. The molecule has 66 valence electrons. The van der Waals surface area contributed by atoms with Gasteiger partial charge in [-0.25, -0.2) is 0 Å². The van der Waals surface area contributed by atoms with E-state index in [4.69, 9.17) is 0 Å². The summed E-state index contributed by atoms with van der Waals surface area (Å²) in [7, 11) is -1.06. The predicted octanol–water partition coefficient (Wildman–Crippen LogP) is 3.86. The Morgan fingerprint density at radius 2 is 1.55 bits per heavy atom. The molecule has 0 rings (SSSR count). The van der Waals surface area contributed by atoms with Crippen LogP contribution in [0.15, 0.2) is 11.8 Å². The number of rotatable bonds is 4. The third-order valence-corrected chi connectivity index (χ3v) is 4.78. The molecular weight excluding hydrogens is 148 g/mol. The second-order valence-corrected chi connectivity index (χ2v) is 9.43. The fraction of sp³-hybridized carbons (Fsp3) is 0.800. The molecule has 0 fully saturated rings. The van der Waals surface area contributed by atoms with Crippen LogP contribution in [0, 0.1) is 5.92 Å². The van der Waals surface area contributed by atoms with E-state index >= 15 is 0 Å². The maximum Gasteiger partial charge on any atom is 0.0720 e. The Hall–Kier alpha value is -0.0431. The van der Waals surface area contributed by atoms with Crippen LogP contribution in [0.1, 0.15) is 26.7 Å². The molecule has 0 saturated carbocycles. The molecule has 0 aliphatic heterocycles. The Labute approximate surface area is 72.7 Å². The summed E-state index contributed by atoms with van der Waals surface area (Å²) >= 11 is 0. The first-order valence-corrected chi connectivity index (χ1v) is 8.12. The quantitative estimate of drug-likeness (QED) is 0.562. The van der Waals surface area contributed by atoms with E-state index in [1.165, 1.54) is 12.8 Å². The molecule has 0 atom stereocenters. The largest absolute Gasteiger partial charge is 0.103 e. The van der Waals surface area contributed by atoms with Gasteiger partial charge < -0.3 is 0 Å². The minimum absolute atomic E-state index is 0.779. The smallest absolute Gasteiger partial charge is 0.0720 e. The Kier molecular flexibility index (Phi) is 4.08. The van der Waals surface area contributed by atoms with Crippen molar-refractivity contribution in [1.29, 1.82) is 0 Å². The molecule has 0 heterocycles. The summed E-state index contributed by atoms with van der Waals surface area (Å²) in [6, 6.07) is 0. The van der Waals surface area contributed by atoms with Gasteiger partial charge in [0.15, 0.2) is 0 Å². The van der Waals surface area contributed by atoms with E-state index in [9.17, 15) is 0 Å². The van der Waals surface area contributed by atoms with Gasteiger partial charge in [0.25, 0.3) is 0 Å². The molecule has 0 aliphatic rings. The van der Waals surface area contributed by atoms with Crippen molar-refractivity contribution >= 4 is 8.07 Å². The Morgan fingerprint density at radius 3 is 1.64 bits per heavy atom. The van der Waals surface area contributed by atoms with Crippen molar-refractivity contribution in [2.75, 3.05) is 0 Å². The molecular formula is C10H22Si. The minimum atomic E-state index is -1.06. The van der Waals surface area contributed by atoms with Crippen LogP contribution in [0.3, 0.4) is 0 Å². The first-order valence-electron chi connectivity index (χ1n) is 4.62. The second-order valence-electron chi connectivity index (χ2n) is 4.29. The van der Waals surface area contributed by atoms with Gasteiger partial charge in [-0.05, 0) is 18.8 Å². The highest BCUT2D eigenvalue weighted by molar-refractivity contribution is 6.83. The van der Waals surface area contributed by atoms with Gasteiger partial charge in [-0.3, -0.25) is 0 Å². The standard InChI is InChI=1S/C10H22Si/c1-7-10(8-2)9(3)11(4,5)6/h10H,3,7-8H2,1-2,4-6H3. The van der Waals surface area contributed by atoms with E-state index in [1.54, 1.807) is 5.20 Å². The van der Waals surface area contributed by atoms with Gasteiger partial charge in [-0.15, -0.1) is 6.58 Å². The van der Waals surface area contributed by atoms with Gasteiger partial charge in [0.2, 0.25) is 0 Å². The zero-order chi connectivity index (χ0) is 9.07. The van der Waals surface area contributed by atoms with Crippen LogP contribution in [0.4, 0.5) is 0 Å². The molecule has 0 aliphatic carbocycles. The first-order chi connectivity index (χ1) is 4.93. The van der Waals surface area contributed by atoms with Crippen molar-refractivity contribution in [1.82, 2.24) is 0 Å².